The smallest absolute Gasteiger partial charge is 0.159 e. The molecule has 31 heavy (non-hydrogen) atoms. The second-order valence-electron chi connectivity index (χ2n) is 6.67. The van der Waals surface area contributed by atoms with Crippen molar-refractivity contribution in [2.45, 2.75) is 13.3 Å². The molecule has 0 aromatic rings. The molecular weight excluding hydrogens is 404 g/mol. The minimum Gasteiger partial charge on any atom is -0.382 e. The fourth-order valence-electron chi connectivity index (χ4n) is 2.47. The van der Waals surface area contributed by atoms with Crippen molar-refractivity contribution in [2.24, 2.45) is 0 Å². The molecule has 0 atom stereocenters. The molecule has 1 aliphatic carbocycles. The van der Waals surface area contributed by atoms with Gasteiger partial charge in [-0.1, -0.05) is 24.3 Å². The number of allylic oxidation sites excluding steroid dienone is 4. The lowest BCUT2D eigenvalue weighted by Gasteiger charge is -2.08. The molecule has 0 unspecified atom stereocenters. The third-order valence-electron chi connectivity index (χ3n) is 4.16. The van der Waals surface area contributed by atoms with Gasteiger partial charge in [-0.25, -0.2) is 0 Å². The molecule has 0 bridgehead atoms. The second-order valence-corrected chi connectivity index (χ2v) is 6.67. The van der Waals surface area contributed by atoms with E-state index in [0.717, 1.165) is 17.6 Å². The number of carbonyl (C=O) groups is 1. The van der Waals surface area contributed by atoms with Crippen LogP contribution in [-0.2, 0) is 38.0 Å². The molecule has 0 amide bonds. The standard InChI is InChI=1S/C23H38O8/c1-21(24)23-5-3-4-22(6-7-23)20-31-19-18-30-17-16-29-15-14-28-13-12-27-11-10-26-9-8-25-2/h4-7H,3,8-20H2,1-2H3. The van der Waals surface area contributed by atoms with Crippen LogP contribution in [0, 0.1) is 0 Å². The normalized spacial score (nSPS) is 13.7. The molecule has 0 aromatic heterocycles. The Morgan fingerprint density at radius 1 is 0.677 bits per heavy atom. The van der Waals surface area contributed by atoms with Crippen molar-refractivity contribution < 1.29 is 38.0 Å². The van der Waals surface area contributed by atoms with Gasteiger partial charge >= 0.3 is 0 Å². The Hall–Kier alpha value is -1.39. The number of hydrogen-bond donors (Lipinski definition) is 0. The summed E-state index contributed by atoms with van der Waals surface area (Å²) in [5.74, 6) is 0.0820. The summed E-state index contributed by atoms with van der Waals surface area (Å²) in [4.78, 5) is 11.4. The lowest BCUT2D eigenvalue weighted by atomic mass is 10.1. The Kier molecular flexibility index (Phi) is 18.3. The maximum Gasteiger partial charge on any atom is 0.159 e. The van der Waals surface area contributed by atoms with Gasteiger partial charge in [0.1, 0.15) is 0 Å². The van der Waals surface area contributed by atoms with E-state index in [1.165, 1.54) is 0 Å². The molecule has 8 nitrogen and oxygen atoms in total. The number of ether oxygens (including phenoxy) is 7. The number of carbonyl (C=O) groups excluding carboxylic acids is 1. The highest BCUT2D eigenvalue weighted by Crippen LogP contribution is 2.11. The first-order valence-corrected chi connectivity index (χ1v) is 10.8. The van der Waals surface area contributed by atoms with Crippen LogP contribution in [0.2, 0.25) is 0 Å². The predicted molar refractivity (Wildman–Crippen MR) is 117 cm³/mol. The van der Waals surface area contributed by atoms with Crippen molar-refractivity contribution in [3.05, 3.63) is 35.5 Å². The van der Waals surface area contributed by atoms with Crippen LogP contribution in [-0.4, -0.2) is 98.8 Å². The van der Waals surface area contributed by atoms with E-state index in [9.17, 15) is 4.79 Å². The van der Waals surface area contributed by atoms with Gasteiger partial charge in [-0.3, -0.25) is 4.79 Å². The Morgan fingerprint density at radius 2 is 1.13 bits per heavy atom. The first-order valence-electron chi connectivity index (χ1n) is 10.8. The zero-order chi connectivity index (χ0) is 22.4. The Morgan fingerprint density at radius 3 is 1.58 bits per heavy atom. The zero-order valence-electron chi connectivity index (χ0n) is 19.0. The Balaban J connectivity index is 1.78. The second kappa shape index (κ2) is 20.5. The number of rotatable bonds is 21. The maximum absolute atomic E-state index is 11.4. The van der Waals surface area contributed by atoms with Crippen LogP contribution < -0.4 is 0 Å². The quantitative estimate of drug-likeness (QED) is 0.250. The molecule has 0 heterocycles. The highest BCUT2D eigenvalue weighted by atomic mass is 16.6. The van der Waals surface area contributed by atoms with Gasteiger partial charge in [0.25, 0.3) is 0 Å². The summed E-state index contributed by atoms with van der Waals surface area (Å²) in [5.41, 5.74) is 1.81. The molecule has 0 aliphatic heterocycles. The van der Waals surface area contributed by atoms with E-state index in [-0.39, 0.29) is 5.78 Å². The highest BCUT2D eigenvalue weighted by molar-refractivity contribution is 5.96. The third-order valence-corrected chi connectivity index (χ3v) is 4.16. The van der Waals surface area contributed by atoms with Crippen molar-refractivity contribution in [2.75, 3.05) is 93.0 Å². The molecule has 1 aliphatic rings. The highest BCUT2D eigenvalue weighted by Gasteiger charge is 2.03. The lowest BCUT2D eigenvalue weighted by molar-refractivity contribution is -0.113. The van der Waals surface area contributed by atoms with E-state index >= 15 is 0 Å². The lowest BCUT2D eigenvalue weighted by Crippen LogP contribution is -2.14. The maximum atomic E-state index is 11.4. The minimum absolute atomic E-state index is 0.0820. The SMILES string of the molecule is COCCOCCOCCOCCOCCOCCOCC1=CCC=C(C(C)=O)C=C1. The first-order chi connectivity index (χ1) is 15.2. The molecule has 0 spiro atoms. The van der Waals surface area contributed by atoms with Crippen molar-refractivity contribution in [3.8, 4) is 0 Å². The number of hydrogen-bond acceptors (Lipinski definition) is 8. The first kappa shape index (κ1) is 27.6. The molecule has 0 saturated carbocycles. The number of Topliss-reactive ketones (excluding diaryl/α,β-unsaturated/α-hetero) is 1. The van der Waals surface area contributed by atoms with Gasteiger partial charge in [0, 0.05) is 12.7 Å². The van der Waals surface area contributed by atoms with Crippen LogP contribution in [0.1, 0.15) is 13.3 Å². The van der Waals surface area contributed by atoms with Gasteiger partial charge < -0.3 is 33.2 Å². The molecule has 8 heteroatoms. The molecule has 0 N–H and O–H groups in total. The summed E-state index contributed by atoms with van der Waals surface area (Å²) in [5, 5.41) is 0. The molecular formula is C23H38O8. The van der Waals surface area contributed by atoms with E-state index < -0.39 is 0 Å². The van der Waals surface area contributed by atoms with Gasteiger partial charge in [0.2, 0.25) is 0 Å². The summed E-state index contributed by atoms with van der Waals surface area (Å²) >= 11 is 0. The summed E-state index contributed by atoms with van der Waals surface area (Å²) in [6, 6.07) is 0. The van der Waals surface area contributed by atoms with Gasteiger partial charge in [-0.15, -0.1) is 0 Å². The van der Waals surface area contributed by atoms with Crippen LogP contribution in [0.25, 0.3) is 0 Å². The van der Waals surface area contributed by atoms with Gasteiger partial charge in [0.15, 0.2) is 5.78 Å². The number of ketones is 1. The molecule has 0 radical (unpaired) electrons. The van der Waals surface area contributed by atoms with E-state index in [1.54, 1.807) is 14.0 Å². The fourth-order valence-corrected chi connectivity index (χ4v) is 2.47. The molecule has 0 aromatic carbocycles. The van der Waals surface area contributed by atoms with Crippen molar-refractivity contribution in [1.29, 1.82) is 0 Å². The summed E-state index contributed by atoms with van der Waals surface area (Å²) in [6.07, 6.45) is 8.51. The molecule has 178 valence electrons. The molecule has 1 rings (SSSR count). The van der Waals surface area contributed by atoms with Gasteiger partial charge in [0.05, 0.1) is 85.9 Å². The van der Waals surface area contributed by atoms with Crippen LogP contribution in [0.4, 0.5) is 0 Å². The summed E-state index contributed by atoms with van der Waals surface area (Å²) in [6.45, 7) is 8.57. The number of methoxy groups -OCH3 is 1. The van der Waals surface area contributed by atoms with Crippen LogP contribution in [0.5, 0.6) is 0 Å². The molecule has 0 fully saturated rings. The largest absolute Gasteiger partial charge is 0.382 e. The van der Waals surface area contributed by atoms with Crippen molar-refractivity contribution >= 4 is 5.78 Å². The van der Waals surface area contributed by atoms with Crippen molar-refractivity contribution in [3.63, 3.8) is 0 Å². The Labute approximate surface area is 186 Å². The van der Waals surface area contributed by atoms with E-state index in [0.29, 0.717) is 85.9 Å². The summed E-state index contributed by atoms with van der Waals surface area (Å²) in [7, 11) is 1.65. The predicted octanol–water partition coefficient (Wildman–Crippen LogP) is 2.13. The van der Waals surface area contributed by atoms with Crippen LogP contribution in [0.3, 0.4) is 0 Å². The van der Waals surface area contributed by atoms with Crippen LogP contribution in [0.15, 0.2) is 35.5 Å². The van der Waals surface area contributed by atoms with Gasteiger partial charge in [-0.2, -0.15) is 0 Å². The minimum atomic E-state index is 0.0820. The van der Waals surface area contributed by atoms with E-state index in [2.05, 4.69) is 6.08 Å². The van der Waals surface area contributed by atoms with E-state index in [4.69, 9.17) is 33.2 Å². The third kappa shape index (κ3) is 16.9. The Bertz CT molecular complexity index is 542. The van der Waals surface area contributed by atoms with Gasteiger partial charge in [-0.05, 0) is 18.9 Å². The van der Waals surface area contributed by atoms with Crippen LogP contribution >= 0.6 is 0 Å². The average Bonchev–Trinajstić information content (AvgIpc) is 3.01. The monoisotopic (exact) mass is 442 g/mol. The fraction of sp³-hybridized carbons (Fsp3) is 0.696. The zero-order valence-corrected chi connectivity index (χ0v) is 19.0. The average molecular weight is 443 g/mol. The topological polar surface area (TPSA) is 81.7 Å². The van der Waals surface area contributed by atoms with Crippen molar-refractivity contribution in [1.82, 2.24) is 0 Å². The molecule has 0 saturated heterocycles. The summed E-state index contributed by atoms with van der Waals surface area (Å²) < 4.78 is 37.5. The van der Waals surface area contributed by atoms with E-state index in [1.807, 2.05) is 18.2 Å².